The maximum Gasteiger partial charge on any atom is 0.123 e. The van der Waals surface area contributed by atoms with Crippen molar-refractivity contribution >= 4 is 17.6 Å². The van der Waals surface area contributed by atoms with Gasteiger partial charge in [0.05, 0.1) is 18.5 Å². The maximum atomic E-state index is 12.8. The predicted octanol–water partition coefficient (Wildman–Crippen LogP) is 3.40. The highest BCUT2D eigenvalue weighted by Gasteiger charge is 2.05. The van der Waals surface area contributed by atoms with Gasteiger partial charge in [0, 0.05) is 18.8 Å². The highest BCUT2D eigenvalue weighted by molar-refractivity contribution is 5.83. The summed E-state index contributed by atoms with van der Waals surface area (Å²) in [4.78, 5) is 2.12. The van der Waals surface area contributed by atoms with Gasteiger partial charge in [0.25, 0.3) is 0 Å². The molecule has 0 amide bonds. The van der Waals surface area contributed by atoms with Crippen molar-refractivity contribution in [3.05, 3.63) is 59.4 Å². The van der Waals surface area contributed by atoms with Crippen LogP contribution >= 0.6 is 0 Å². The first-order valence-electron chi connectivity index (χ1n) is 7.65. The minimum absolute atomic E-state index is 0.137. The molecular formula is C18H22FN3O. The zero-order valence-corrected chi connectivity index (χ0v) is 13.5. The van der Waals surface area contributed by atoms with E-state index in [0.29, 0.717) is 6.54 Å². The molecule has 0 aliphatic carbocycles. The number of likely N-dealkylation sites (N-methyl/N-ethyl adjacent to an activating group) is 1. The first-order chi connectivity index (χ1) is 11.1. The molecule has 0 spiro atoms. The molecule has 0 bridgehead atoms. The Morgan fingerprint density at radius 1 is 1.22 bits per heavy atom. The Balaban J connectivity index is 2.05. The number of aryl methyl sites for hydroxylation is 1. The SMILES string of the molecule is CCN(CCO)c1ccc(/C=N\Nc2ccc(F)cc2)c(C)c1. The Bertz CT molecular complexity index is 656. The summed E-state index contributed by atoms with van der Waals surface area (Å²) >= 11 is 0. The average Bonchev–Trinajstić information content (AvgIpc) is 2.56. The fraction of sp³-hybridized carbons (Fsp3) is 0.278. The van der Waals surface area contributed by atoms with Crippen molar-refractivity contribution < 1.29 is 9.50 Å². The van der Waals surface area contributed by atoms with Crippen LogP contribution in [-0.4, -0.2) is 31.0 Å². The number of aliphatic hydroxyl groups excluding tert-OH is 1. The standard InChI is InChI=1S/C18H22FN3O/c1-3-22(10-11-23)18-9-4-15(14(2)12-18)13-20-21-17-7-5-16(19)6-8-17/h4-9,12-13,21,23H,3,10-11H2,1-2H3/b20-13-. The van der Waals surface area contributed by atoms with Gasteiger partial charge in [-0.25, -0.2) is 4.39 Å². The first-order valence-corrected chi connectivity index (χ1v) is 7.65. The molecule has 0 aromatic heterocycles. The van der Waals surface area contributed by atoms with Crippen molar-refractivity contribution in [3.8, 4) is 0 Å². The van der Waals surface area contributed by atoms with Crippen LogP contribution in [0.3, 0.4) is 0 Å². The van der Waals surface area contributed by atoms with Crippen LogP contribution in [-0.2, 0) is 0 Å². The summed E-state index contributed by atoms with van der Waals surface area (Å²) in [5, 5.41) is 13.3. The fourth-order valence-corrected chi connectivity index (χ4v) is 2.29. The van der Waals surface area contributed by atoms with Crippen LogP contribution in [0.5, 0.6) is 0 Å². The van der Waals surface area contributed by atoms with Crippen LogP contribution < -0.4 is 10.3 Å². The molecule has 0 radical (unpaired) electrons. The van der Waals surface area contributed by atoms with Crippen molar-refractivity contribution in [2.45, 2.75) is 13.8 Å². The van der Waals surface area contributed by atoms with E-state index in [2.05, 4.69) is 28.4 Å². The number of nitrogens with one attached hydrogen (secondary N) is 1. The van der Waals surface area contributed by atoms with Gasteiger partial charge < -0.3 is 10.0 Å². The Hall–Kier alpha value is -2.40. The molecule has 23 heavy (non-hydrogen) atoms. The Morgan fingerprint density at radius 2 is 1.96 bits per heavy atom. The van der Waals surface area contributed by atoms with Gasteiger partial charge in [-0.2, -0.15) is 5.10 Å². The van der Waals surface area contributed by atoms with E-state index in [0.717, 1.165) is 29.0 Å². The normalized spacial score (nSPS) is 11.0. The van der Waals surface area contributed by atoms with E-state index in [-0.39, 0.29) is 12.4 Å². The van der Waals surface area contributed by atoms with E-state index in [1.807, 2.05) is 19.1 Å². The van der Waals surface area contributed by atoms with E-state index >= 15 is 0 Å². The molecule has 5 heteroatoms. The van der Waals surface area contributed by atoms with E-state index in [1.165, 1.54) is 12.1 Å². The molecule has 2 aromatic rings. The fourth-order valence-electron chi connectivity index (χ4n) is 2.29. The molecule has 4 nitrogen and oxygen atoms in total. The van der Waals surface area contributed by atoms with Crippen LogP contribution in [0.15, 0.2) is 47.6 Å². The summed E-state index contributed by atoms with van der Waals surface area (Å²) in [5.41, 5.74) is 6.80. The number of aliphatic hydroxyl groups is 1. The third kappa shape index (κ3) is 4.79. The van der Waals surface area contributed by atoms with Crippen LogP contribution in [0.1, 0.15) is 18.1 Å². The van der Waals surface area contributed by atoms with Crippen LogP contribution in [0.25, 0.3) is 0 Å². The van der Waals surface area contributed by atoms with Crippen molar-refractivity contribution in [2.24, 2.45) is 5.10 Å². The molecule has 122 valence electrons. The topological polar surface area (TPSA) is 47.9 Å². The average molecular weight is 315 g/mol. The second-order valence-electron chi connectivity index (χ2n) is 5.22. The Kier molecular flexibility index (Phi) is 6.11. The Labute approximate surface area is 136 Å². The van der Waals surface area contributed by atoms with Gasteiger partial charge in [0.1, 0.15) is 5.82 Å². The van der Waals surface area contributed by atoms with Crippen molar-refractivity contribution in [1.29, 1.82) is 0 Å². The molecule has 0 unspecified atom stereocenters. The molecule has 2 rings (SSSR count). The van der Waals surface area contributed by atoms with Gasteiger partial charge in [0.2, 0.25) is 0 Å². The number of anilines is 2. The van der Waals surface area contributed by atoms with E-state index in [1.54, 1.807) is 18.3 Å². The monoisotopic (exact) mass is 315 g/mol. The molecule has 0 aliphatic rings. The van der Waals surface area contributed by atoms with Gasteiger partial charge in [-0.15, -0.1) is 0 Å². The lowest BCUT2D eigenvalue weighted by Gasteiger charge is -2.22. The zero-order chi connectivity index (χ0) is 16.7. The molecule has 2 N–H and O–H groups in total. The van der Waals surface area contributed by atoms with Crippen LogP contribution in [0.4, 0.5) is 15.8 Å². The van der Waals surface area contributed by atoms with Crippen LogP contribution in [0, 0.1) is 12.7 Å². The second-order valence-corrected chi connectivity index (χ2v) is 5.22. The third-order valence-corrected chi connectivity index (χ3v) is 3.61. The van der Waals surface area contributed by atoms with Gasteiger partial charge in [-0.3, -0.25) is 5.43 Å². The van der Waals surface area contributed by atoms with Gasteiger partial charge in [0.15, 0.2) is 0 Å². The maximum absolute atomic E-state index is 12.8. The summed E-state index contributed by atoms with van der Waals surface area (Å²) in [7, 11) is 0. The lowest BCUT2D eigenvalue weighted by atomic mass is 10.1. The van der Waals surface area contributed by atoms with Gasteiger partial charge in [-0.05, 0) is 61.4 Å². The van der Waals surface area contributed by atoms with E-state index in [4.69, 9.17) is 5.11 Å². The first kappa shape index (κ1) is 17.0. The van der Waals surface area contributed by atoms with E-state index in [9.17, 15) is 4.39 Å². The summed E-state index contributed by atoms with van der Waals surface area (Å²) in [5.74, 6) is -0.269. The molecule has 0 aliphatic heterocycles. The summed E-state index contributed by atoms with van der Waals surface area (Å²) < 4.78 is 12.8. The summed E-state index contributed by atoms with van der Waals surface area (Å²) in [6, 6.07) is 12.1. The van der Waals surface area contributed by atoms with Gasteiger partial charge >= 0.3 is 0 Å². The van der Waals surface area contributed by atoms with Gasteiger partial charge in [-0.1, -0.05) is 6.07 Å². The summed E-state index contributed by atoms with van der Waals surface area (Å²) in [6.07, 6.45) is 1.74. The Morgan fingerprint density at radius 3 is 2.57 bits per heavy atom. The molecule has 2 aromatic carbocycles. The largest absolute Gasteiger partial charge is 0.395 e. The predicted molar refractivity (Wildman–Crippen MR) is 93.8 cm³/mol. The highest BCUT2D eigenvalue weighted by Crippen LogP contribution is 2.18. The lowest BCUT2D eigenvalue weighted by molar-refractivity contribution is 0.302. The summed E-state index contributed by atoms with van der Waals surface area (Å²) in [6.45, 7) is 5.69. The van der Waals surface area contributed by atoms with Crippen molar-refractivity contribution in [2.75, 3.05) is 30.0 Å². The van der Waals surface area contributed by atoms with E-state index < -0.39 is 0 Å². The number of hydrogen-bond acceptors (Lipinski definition) is 4. The number of rotatable bonds is 7. The lowest BCUT2D eigenvalue weighted by Crippen LogP contribution is -2.26. The minimum atomic E-state index is -0.269. The molecule has 0 fully saturated rings. The molecule has 0 atom stereocenters. The van der Waals surface area contributed by atoms with Crippen LogP contribution in [0.2, 0.25) is 0 Å². The van der Waals surface area contributed by atoms with Crippen molar-refractivity contribution in [1.82, 2.24) is 0 Å². The highest BCUT2D eigenvalue weighted by atomic mass is 19.1. The minimum Gasteiger partial charge on any atom is -0.395 e. The number of hydrogen-bond donors (Lipinski definition) is 2. The second kappa shape index (κ2) is 8.29. The number of hydrazone groups is 1. The molecule has 0 saturated heterocycles. The zero-order valence-electron chi connectivity index (χ0n) is 13.5. The molecular weight excluding hydrogens is 293 g/mol. The number of benzene rings is 2. The molecule has 0 heterocycles. The third-order valence-electron chi connectivity index (χ3n) is 3.61. The number of nitrogens with zero attached hydrogens (tertiary/aromatic N) is 2. The molecule has 0 saturated carbocycles. The quantitative estimate of drug-likeness (QED) is 0.608. The smallest absolute Gasteiger partial charge is 0.123 e. The van der Waals surface area contributed by atoms with Crippen molar-refractivity contribution in [3.63, 3.8) is 0 Å². The number of halogens is 1.